The van der Waals surface area contributed by atoms with Crippen LogP contribution in [0.1, 0.15) is 39.7 Å². The van der Waals surface area contributed by atoms with Gasteiger partial charge in [0.2, 0.25) is 0 Å². The van der Waals surface area contributed by atoms with E-state index in [2.05, 4.69) is 13.8 Å². The molecule has 0 atom stereocenters. The molecule has 114 valence electrons. The summed E-state index contributed by atoms with van der Waals surface area (Å²) in [5, 5.41) is 9.34. The Kier molecular flexibility index (Phi) is 6.25. The lowest BCUT2D eigenvalue weighted by Gasteiger charge is -2.27. The minimum Gasteiger partial charge on any atom is -0.508 e. The second-order valence-corrected chi connectivity index (χ2v) is 7.54. The summed E-state index contributed by atoms with van der Waals surface area (Å²) in [5.74, 6) is 0.249. The average Bonchev–Trinajstić information content (AvgIpc) is 2.38. The lowest BCUT2D eigenvalue weighted by Crippen LogP contribution is -2.19. The SMILES string of the molecule is CCOP(=O)(CCC(C)(C)c1ccc(O)cc1)OCC. The molecule has 0 spiro atoms. The molecular weight excluding hydrogens is 275 g/mol. The normalized spacial score (nSPS) is 12.6. The highest BCUT2D eigenvalue weighted by molar-refractivity contribution is 7.53. The zero-order valence-corrected chi connectivity index (χ0v) is 13.7. The van der Waals surface area contributed by atoms with E-state index in [9.17, 15) is 9.67 Å². The zero-order chi connectivity index (χ0) is 15.2. The summed E-state index contributed by atoms with van der Waals surface area (Å²) in [6.45, 7) is 8.57. The van der Waals surface area contributed by atoms with Crippen LogP contribution in [0.2, 0.25) is 0 Å². The molecule has 0 aliphatic rings. The molecule has 0 aliphatic heterocycles. The minimum atomic E-state index is -3.00. The van der Waals surface area contributed by atoms with Gasteiger partial charge in [0.15, 0.2) is 0 Å². The smallest absolute Gasteiger partial charge is 0.330 e. The van der Waals surface area contributed by atoms with Crippen LogP contribution in [0.4, 0.5) is 0 Å². The van der Waals surface area contributed by atoms with Gasteiger partial charge >= 0.3 is 7.60 Å². The van der Waals surface area contributed by atoms with E-state index < -0.39 is 7.60 Å². The van der Waals surface area contributed by atoms with Gasteiger partial charge in [0.05, 0.1) is 19.4 Å². The summed E-state index contributed by atoms with van der Waals surface area (Å²) in [5.41, 5.74) is 0.937. The molecule has 0 aromatic heterocycles. The van der Waals surface area contributed by atoms with E-state index in [0.29, 0.717) is 25.8 Å². The Morgan fingerprint density at radius 1 is 1.10 bits per heavy atom. The van der Waals surface area contributed by atoms with Crippen molar-refractivity contribution in [3.8, 4) is 5.75 Å². The first-order valence-corrected chi connectivity index (χ1v) is 8.73. The lowest BCUT2D eigenvalue weighted by molar-refractivity contribution is 0.217. The van der Waals surface area contributed by atoms with E-state index >= 15 is 0 Å². The molecule has 0 aliphatic carbocycles. The van der Waals surface area contributed by atoms with Gasteiger partial charge < -0.3 is 14.2 Å². The number of rotatable bonds is 8. The molecule has 20 heavy (non-hydrogen) atoms. The number of benzene rings is 1. The Morgan fingerprint density at radius 2 is 1.60 bits per heavy atom. The number of phenolic OH excluding ortho intramolecular Hbond substituents is 1. The van der Waals surface area contributed by atoms with Gasteiger partial charge in [-0.05, 0) is 43.4 Å². The molecule has 1 N–H and O–H groups in total. The second kappa shape index (κ2) is 7.26. The maximum Gasteiger partial charge on any atom is 0.330 e. The van der Waals surface area contributed by atoms with Crippen LogP contribution in [0.5, 0.6) is 5.75 Å². The van der Waals surface area contributed by atoms with E-state index in [1.54, 1.807) is 12.1 Å². The summed E-state index contributed by atoms with van der Waals surface area (Å²) in [7, 11) is -3.00. The zero-order valence-electron chi connectivity index (χ0n) is 12.8. The number of phenols is 1. The lowest BCUT2D eigenvalue weighted by atomic mass is 9.82. The molecule has 5 heteroatoms. The average molecular weight is 300 g/mol. The van der Waals surface area contributed by atoms with Gasteiger partial charge in [0.25, 0.3) is 0 Å². The Balaban J connectivity index is 2.75. The van der Waals surface area contributed by atoms with Gasteiger partial charge in [-0.3, -0.25) is 4.57 Å². The van der Waals surface area contributed by atoms with Crippen LogP contribution in [0.15, 0.2) is 24.3 Å². The van der Waals surface area contributed by atoms with Gasteiger partial charge in [-0.2, -0.15) is 0 Å². The molecule has 0 saturated carbocycles. The summed E-state index contributed by atoms with van der Waals surface area (Å²) in [4.78, 5) is 0. The van der Waals surface area contributed by atoms with Crippen molar-refractivity contribution in [1.82, 2.24) is 0 Å². The number of aromatic hydroxyl groups is 1. The van der Waals surface area contributed by atoms with E-state index in [0.717, 1.165) is 5.56 Å². The van der Waals surface area contributed by atoms with E-state index in [-0.39, 0.29) is 11.2 Å². The fraction of sp³-hybridized carbons (Fsp3) is 0.600. The monoisotopic (exact) mass is 300 g/mol. The van der Waals surface area contributed by atoms with Crippen LogP contribution in [0, 0.1) is 0 Å². The first-order valence-electron chi connectivity index (χ1n) is 7.00. The van der Waals surface area contributed by atoms with Crippen molar-refractivity contribution in [2.75, 3.05) is 19.4 Å². The van der Waals surface area contributed by atoms with E-state index in [1.807, 2.05) is 26.0 Å². The third-order valence-corrected chi connectivity index (χ3v) is 5.39. The first-order chi connectivity index (χ1) is 9.33. The van der Waals surface area contributed by atoms with Crippen molar-refractivity contribution in [1.29, 1.82) is 0 Å². The van der Waals surface area contributed by atoms with Crippen LogP contribution < -0.4 is 0 Å². The van der Waals surface area contributed by atoms with Crippen molar-refractivity contribution in [2.24, 2.45) is 0 Å². The van der Waals surface area contributed by atoms with Crippen LogP contribution >= 0.6 is 7.60 Å². The van der Waals surface area contributed by atoms with Gasteiger partial charge in [0, 0.05) is 0 Å². The molecule has 0 bridgehead atoms. The fourth-order valence-corrected chi connectivity index (χ4v) is 3.99. The topological polar surface area (TPSA) is 55.8 Å². The van der Waals surface area contributed by atoms with Crippen LogP contribution in [0.25, 0.3) is 0 Å². The predicted octanol–water partition coefficient (Wildman–Crippen LogP) is 4.33. The van der Waals surface area contributed by atoms with Gasteiger partial charge in [0.1, 0.15) is 5.75 Å². The predicted molar refractivity (Wildman–Crippen MR) is 81.5 cm³/mol. The van der Waals surface area contributed by atoms with Crippen LogP contribution in [0.3, 0.4) is 0 Å². The second-order valence-electron chi connectivity index (χ2n) is 5.35. The highest BCUT2D eigenvalue weighted by Crippen LogP contribution is 2.50. The summed E-state index contributed by atoms with van der Waals surface area (Å²) in [6.07, 6.45) is 1.08. The third kappa shape index (κ3) is 4.93. The Morgan fingerprint density at radius 3 is 2.05 bits per heavy atom. The van der Waals surface area contributed by atoms with Crippen LogP contribution in [-0.4, -0.2) is 24.5 Å². The van der Waals surface area contributed by atoms with Gasteiger partial charge in [-0.15, -0.1) is 0 Å². The Bertz CT molecular complexity index is 443. The van der Waals surface area contributed by atoms with Gasteiger partial charge in [-0.25, -0.2) is 0 Å². The summed E-state index contributed by atoms with van der Waals surface area (Å²) in [6, 6.07) is 7.12. The molecule has 1 rings (SSSR count). The van der Waals surface area contributed by atoms with Crippen molar-refractivity contribution >= 4 is 7.60 Å². The standard InChI is InChI=1S/C15H25O4P/c1-5-18-20(17,19-6-2)12-11-15(3,4)13-7-9-14(16)10-8-13/h7-10,16H,5-6,11-12H2,1-4H3. The fourth-order valence-electron chi connectivity index (χ4n) is 2.03. The highest BCUT2D eigenvalue weighted by Gasteiger charge is 2.29. The highest BCUT2D eigenvalue weighted by atomic mass is 31.2. The van der Waals surface area contributed by atoms with E-state index in [1.165, 1.54) is 0 Å². The van der Waals surface area contributed by atoms with Gasteiger partial charge in [-0.1, -0.05) is 26.0 Å². The molecule has 0 radical (unpaired) electrons. The molecule has 1 aromatic carbocycles. The molecule has 0 unspecified atom stereocenters. The third-order valence-electron chi connectivity index (χ3n) is 3.31. The Labute approximate surface area is 121 Å². The molecule has 1 aromatic rings. The van der Waals surface area contributed by atoms with Crippen molar-refractivity contribution in [3.05, 3.63) is 29.8 Å². The van der Waals surface area contributed by atoms with Crippen molar-refractivity contribution in [2.45, 2.75) is 39.5 Å². The number of hydrogen-bond donors (Lipinski definition) is 1. The number of hydrogen-bond acceptors (Lipinski definition) is 4. The summed E-state index contributed by atoms with van der Waals surface area (Å²) >= 11 is 0. The largest absolute Gasteiger partial charge is 0.508 e. The van der Waals surface area contributed by atoms with Crippen molar-refractivity contribution < 1.29 is 18.7 Å². The maximum absolute atomic E-state index is 12.5. The molecule has 0 fully saturated rings. The molecule has 0 saturated heterocycles. The molecular formula is C15H25O4P. The molecule has 4 nitrogen and oxygen atoms in total. The maximum atomic E-state index is 12.5. The minimum absolute atomic E-state index is 0.155. The molecule has 0 heterocycles. The quantitative estimate of drug-likeness (QED) is 0.726. The van der Waals surface area contributed by atoms with Crippen LogP contribution in [-0.2, 0) is 19.0 Å². The first kappa shape index (κ1) is 17.2. The van der Waals surface area contributed by atoms with Crippen molar-refractivity contribution in [3.63, 3.8) is 0 Å². The molecule has 0 amide bonds. The van der Waals surface area contributed by atoms with E-state index in [4.69, 9.17) is 9.05 Å². The Hall–Kier alpha value is -0.830. The summed E-state index contributed by atoms with van der Waals surface area (Å²) < 4.78 is 23.1.